The van der Waals surface area contributed by atoms with E-state index in [2.05, 4.69) is 5.32 Å². The van der Waals surface area contributed by atoms with Gasteiger partial charge < -0.3 is 0 Å². The second-order valence-electron chi connectivity index (χ2n) is 5.09. The topological polar surface area (TPSA) is 46.2 Å². The Morgan fingerprint density at radius 3 is 2.24 bits per heavy atom. The number of alkyl halides is 1. The highest BCUT2D eigenvalue weighted by Crippen LogP contribution is 2.32. The molecule has 1 aliphatic rings. The van der Waals surface area contributed by atoms with Crippen LogP contribution in [0.4, 0.5) is 0 Å². The molecule has 1 saturated heterocycles. The Balaban J connectivity index is 1.97. The van der Waals surface area contributed by atoms with Gasteiger partial charge in [-0.05, 0) is 23.1 Å². The van der Waals surface area contributed by atoms with Crippen LogP contribution in [0.25, 0.3) is 0 Å². The van der Waals surface area contributed by atoms with Gasteiger partial charge in [-0.2, -0.15) is 0 Å². The van der Waals surface area contributed by atoms with Gasteiger partial charge in [0.05, 0.1) is 5.92 Å². The number of nitrogens with one attached hydrogen (secondary N) is 1. The summed E-state index contributed by atoms with van der Waals surface area (Å²) in [7, 11) is 0. The zero-order chi connectivity index (χ0) is 14.8. The molecular formula is C17H14ClNO2. The van der Waals surface area contributed by atoms with Crippen LogP contribution in [-0.4, -0.2) is 17.2 Å². The highest BCUT2D eigenvalue weighted by Gasteiger charge is 2.42. The summed E-state index contributed by atoms with van der Waals surface area (Å²) in [5, 5.41) is 1.46. The third-order valence-corrected chi connectivity index (χ3v) is 4.15. The van der Waals surface area contributed by atoms with Crippen molar-refractivity contribution in [3.8, 4) is 0 Å². The molecule has 2 aromatic rings. The van der Waals surface area contributed by atoms with Crippen molar-refractivity contribution in [2.45, 2.75) is 17.7 Å². The number of hydrogen-bond acceptors (Lipinski definition) is 2. The monoisotopic (exact) mass is 299 g/mol. The fourth-order valence-electron chi connectivity index (χ4n) is 2.67. The van der Waals surface area contributed by atoms with Crippen molar-refractivity contribution < 1.29 is 9.59 Å². The summed E-state index contributed by atoms with van der Waals surface area (Å²) in [4.78, 5) is 23.6. The quantitative estimate of drug-likeness (QED) is 0.699. The van der Waals surface area contributed by atoms with Crippen LogP contribution in [0, 0.1) is 0 Å². The largest absolute Gasteiger partial charge is 0.295 e. The Labute approximate surface area is 127 Å². The minimum Gasteiger partial charge on any atom is -0.295 e. The summed E-state index contributed by atoms with van der Waals surface area (Å²) < 4.78 is 0. The summed E-state index contributed by atoms with van der Waals surface area (Å²) in [5.74, 6) is -1.35. The maximum absolute atomic E-state index is 12.0. The number of imide groups is 1. The number of amides is 2. The van der Waals surface area contributed by atoms with E-state index >= 15 is 0 Å². The smallest absolute Gasteiger partial charge is 0.245 e. The Morgan fingerprint density at radius 2 is 1.57 bits per heavy atom. The number of carbonyl (C=O) groups excluding carboxylic acids is 2. The van der Waals surface area contributed by atoms with E-state index in [1.54, 1.807) is 0 Å². The first-order valence-corrected chi connectivity index (χ1v) is 7.21. The van der Waals surface area contributed by atoms with Gasteiger partial charge in [-0.1, -0.05) is 54.6 Å². The first-order chi connectivity index (χ1) is 10.2. The van der Waals surface area contributed by atoms with Gasteiger partial charge in [-0.25, -0.2) is 0 Å². The normalized spacial score (nSPS) is 21.4. The molecule has 0 saturated carbocycles. The molecule has 106 valence electrons. The van der Waals surface area contributed by atoms with Crippen molar-refractivity contribution in [2.24, 2.45) is 0 Å². The fourth-order valence-corrected chi connectivity index (χ4v) is 2.97. The molecule has 0 aromatic heterocycles. The molecule has 0 aliphatic carbocycles. The summed E-state index contributed by atoms with van der Waals surface area (Å²) in [5.41, 5.74) is 3.00. The van der Waals surface area contributed by atoms with Crippen molar-refractivity contribution in [2.75, 3.05) is 0 Å². The molecule has 1 aliphatic heterocycles. The maximum Gasteiger partial charge on any atom is 0.245 e. The lowest BCUT2D eigenvalue weighted by molar-refractivity contribution is -0.125. The molecule has 1 fully saturated rings. The van der Waals surface area contributed by atoms with E-state index < -0.39 is 17.2 Å². The molecule has 3 nitrogen and oxygen atoms in total. The van der Waals surface area contributed by atoms with E-state index in [0.717, 1.165) is 16.7 Å². The van der Waals surface area contributed by atoms with Crippen LogP contribution < -0.4 is 5.32 Å². The lowest BCUT2D eigenvalue weighted by atomic mass is 9.89. The molecule has 4 heteroatoms. The van der Waals surface area contributed by atoms with Crippen LogP contribution in [0.3, 0.4) is 0 Å². The molecule has 0 spiro atoms. The third kappa shape index (κ3) is 2.69. The number of rotatable bonds is 3. The summed E-state index contributed by atoms with van der Waals surface area (Å²) >= 11 is 6.10. The number of hydrogen-bond donors (Lipinski definition) is 1. The van der Waals surface area contributed by atoms with Gasteiger partial charge in [-0.3, -0.25) is 14.9 Å². The molecule has 1 N–H and O–H groups in total. The lowest BCUT2D eigenvalue weighted by Crippen LogP contribution is -2.22. The second kappa shape index (κ2) is 5.70. The van der Waals surface area contributed by atoms with Gasteiger partial charge in [0.1, 0.15) is 5.38 Å². The Hall–Kier alpha value is -2.13. The van der Waals surface area contributed by atoms with Crippen molar-refractivity contribution in [1.29, 1.82) is 0 Å². The van der Waals surface area contributed by atoms with Gasteiger partial charge in [0, 0.05) is 0 Å². The summed E-state index contributed by atoms with van der Waals surface area (Å²) in [6.45, 7) is 0. The van der Waals surface area contributed by atoms with Crippen LogP contribution in [0.15, 0.2) is 54.6 Å². The zero-order valence-electron chi connectivity index (χ0n) is 11.3. The van der Waals surface area contributed by atoms with Gasteiger partial charge >= 0.3 is 0 Å². The third-order valence-electron chi connectivity index (χ3n) is 3.70. The lowest BCUT2D eigenvalue weighted by Gasteiger charge is -2.15. The van der Waals surface area contributed by atoms with Gasteiger partial charge in [-0.15, -0.1) is 11.6 Å². The van der Waals surface area contributed by atoms with E-state index in [1.165, 1.54) is 0 Å². The van der Waals surface area contributed by atoms with E-state index in [4.69, 9.17) is 11.6 Å². The molecule has 2 aromatic carbocycles. The van der Waals surface area contributed by atoms with Crippen molar-refractivity contribution >= 4 is 23.4 Å². The minimum absolute atomic E-state index is 0.319. The van der Waals surface area contributed by atoms with Crippen molar-refractivity contribution in [1.82, 2.24) is 5.32 Å². The van der Waals surface area contributed by atoms with Crippen LogP contribution in [0.2, 0.25) is 0 Å². The summed E-state index contributed by atoms with van der Waals surface area (Å²) in [6, 6.07) is 17.6. The Kier molecular flexibility index (Phi) is 3.76. The van der Waals surface area contributed by atoms with Crippen LogP contribution in [-0.2, 0) is 16.0 Å². The van der Waals surface area contributed by atoms with Crippen molar-refractivity contribution in [3.05, 3.63) is 71.3 Å². The predicted molar refractivity (Wildman–Crippen MR) is 81.2 cm³/mol. The number of carbonyl (C=O) groups is 2. The minimum atomic E-state index is -0.838. The standard InChI is InChI=1S/C17H14ClNO2/c18-15-14(16(20)19-17(15)21)13-9-5-4-8-12(13)10-11-6-2-1-3-7-11/h1-9,14-15H,10H2,(H,19,20,21). The second-order valence-corrected chi connectivity index (χ2v) is 5.56. The summed E-state index contributed by atoms with van der Waals surface area (Å²) in [6.07, 6.45) is 0.707. The Morgan fingerprint density at radius 1 is 0.905 bits per heavy atom. The fraction of sp³-hybridized carbons (Fsp3) is 0.176. The molecule has 21 heavy (non-hydrogen) atoms. The highest BCUT2D eigenvalue weighted by molar-refractivity contribution is 6.37. The Bertz CT molecular complexity index is 684. The highest BCUT2D eigenvalue weighted by atomic mass is 35.5. The van der Waals surface area contributed by atoms with E-state index in [-0.39, 0.29) is 5.91 Å². The molecule has 3 rings (SSSR count). The predicted octanol–water partition coefficient (Wildman–Crippen LogP) is 2.62. The molecule has 2 amide bonds. The van der Waals surface area contributed by atoms with Gasteiger partial charge in [0.2, 0.25) is 11.8 Å². The molecule has 2 atom stereocenters. The molecule has 0 radical (unpaired) electrons. The molecular weight excluding hydrogens is 286 g/mol. The zero-order valence-corrected chi connectivity index (χ0v) is 12.0. The first kappa shape index (κ1) is 13.8. The number of halogens is 1. The van der Waals surface area contributed by atoms with Gasteiger partial charge in [0.25, 0.3) is 0 Å². The van der Waals surface area contributed by atoms with Crippen molar-refractivity contribution in [3.63, 3.8) is 0 Å². The first-order valence-electron chi connectivity index (χ1n) is 6.77. The molecule has 2 unspecified atom stereocenters. The van der Waals surface area contributed by atoms with E-state index in [0.29, 0.717) is 6.42 Å². The SMILES string of the molecule is O=C1NC(=O)C(c2ccccc2Cc2ccccc2)C1Cl. The maximum atomic E-state index is 12.0. The van der Waals surface area contributed by atoms with Gasteiger partial charge in [0.15, 0.2) is 0 Å². The number of benzene rings is 2. The van der Waals surface area contributed by atoms with E-state index in [1.807, 2.05) is 54.6 Å². The van der Waals surface area contributed by atoms with Crippen LogP contribution in [0.5, 0.6) is 0 Å². The van der Waals surface area contributed by atoms with Crippen LogP contribution in [0.1, 0.15) is 22.6 Å². The van der Waals surface area contributed by atoms with Crippen LogP contribution >= 0.6 is 11.6 Å². The molecule has 0 bridgehead atoms. The van der Waals surface area contributed by atoms with E-state index in [9.17, 15) is 9.59 Å². The average molecular weight is 300 g/mol. The molecule has 1 heterocycles. The average Bonchev–Trinajstić information content (AvgIpc) is 2.74.